The normalized spacial score (nSPS) is 22.3. The topological polar surface area (TPSA) is 47.7 Å². The van der Waals surface area contributed by atoms with Gasteiger partial charge in [-0.2, -0.15) is 0 Å². The molecule has 4 nitrogen and oxygen atoms in total. The van der Waals surface area contributed by atoms with Crippen LogP contribution in [0.4, 0.5) is 0 Å². The Balaban J connectivity index is 2.21. The Kier molecular flexibility index (Phi) is 3.71. The fourth-order valence-electron chi connectivity index (χ4n) is 2.00. The van der Waals surface area contributed by atoms with Crippen molar-refractivity contribution >= 4 is 11.3 Å². The van der Waals surface area contributed by atoms with E-state index in [0.717, 1.165) is 0 Å². The number of thiophene rings is 1. The smallest absolute Gasteiger partial charge is 0.207 e. The van der Waals surface area contributed by atoms with Crippen molar-refractivity contribution in [2.24, 2.45) is 5.73 Å². The van der Waals surface area contributed by atoms with Crippen LogP contribution in [-0.4, -0.2) is 24.8 Å². The summed E-state index contributed by atoms with van der Waals surface area (Å²) in [5.41, 5.74) is 7.03. The van der Waals surface area contributed by atoms with Gasteiger partial charge in [0.15, 0.2) is 0 Å². The molecule has 0 saturated carbocycles. The van der Waals surface area contributed by atoms with E-state index in [-0.39, 0.29) is 12.1 Å². The largest absolute Gasteiger partial charge is 0.387 e. The van der Waals surface area contributed by atoms with Gasteiger partial charge in [0.2, 0.25) is 5.88 Å². The summed E-state index contributed by atoms with van der Waals surface area (Å²) in [7, 11) is 1.69. The van der Waals surface area contributed by atoms with Crippen molar-refractivity contribution in [2.75, 3.05) is 13.7 Å². The Hall–Kier alpha value is -1.04. The standard InChI is InChI=1S/C12H18N2O2S/c1-8-4-5-17-12(8)10-6-11(13)16-14(10)9(2)7-15-3/h4-6,9-10H,7,13H2,1-3H3. The minimum absolute atomic E-state index is 0.0974. The zero-order chi connectivity index (χ0) is 12.4. The molecule has 17 heavy (non-hydrogen) atoms. The first-order valence-electron chi connectivity index (χ1n) is 5.60. The molecule has 2 unspecified atom stereocenters. The third-order valence-electron chi connectivity index (χ3n) is 2.82. The molecule has 0 radical (unpaired) electrons. The van der Waals surface area contributed by atoms with Gasteiger partial charge in [-0.25, -0.2) is 0 Å². The lowest BCUT2D eigenvalue weighted by Gasteiger charge is -2.28. The molecule has 0 saturated heterocycles. The molecule has 1 aromatic heterocycles. The third kappa shape index (κ3) is 2.46. The molecule has 0 spiro atoms. The quantitative estimate of drug-likeness (QED) is 0.894. The number of hydrogen-bond donors (Lipinski definition) is 1. The van der Waals surface area contributed by atoms with E-state index in [1.807, 2.05) is 11.1 Å². The summed E-state index contributed by atoms with van der Waals surface area (Å²) >= 11 is 1.73. The van der Waals surface area contributed by atoms with Crippen molar-refractivity contribution in [3.05, 3.63) is 33.8 Å². The maximum Gasteiger partial charge on any atom is 0.207 e. The van der Waals surface area contributed by atoms with Crippen LogP contribution >= 0.6 is 11.3 Å². The van der Waals surface area contributed by atoms with Gasteiger partial charge in [-0.1, -0.05) is 0 Å². The van der Waals surface area contributed by atoms with Gasteiger partial charge in [0.1, 0.15) is 6.04 Å². The van der Waals surface area contributed by atoms with E-state index in [4.69, 9.17) is 15.3 Å². The molecule has 2 atom stereocenters. The highest BCUT2D eigenvalue weighted by molar-refractivity contribution is 7.10. The van der Waals surface area contributed by atoms with E-state index in [0.29, 0.717) is 12.5 Å². The predicted octanol–water partition coefficient (Wildman–Crippen LogP) is 2.18. The van der Waals surface area contributed by atoms with Crippen LogP contribution in [-0.2, 0) is 9.57 Å². The van der Waals surface area contributed by atoms with Gasteiger partial charge in [0, 0.05) is 18.1 Å². The summed E-state index contributed by atoms with van der Waals surface area (Å²) in [6, 6.07) is 2.37. The summed E-state index contributed by atoms with van der Waals surface area (Å²) in [6.45, 7) is 4.78. The molecule has 2 rings (SSSR count). The molecular formula is C12H18N2O2S. The molecule has 0 fully saturated rings. The molecular weight excluding hydrogens is 236 g/mol. The lowest BCUT2D eigenvalue weighted by atomic mass is 10.1. The Morgan fingerprint density at radius 3 is 3.00 bits per heavy atom. The van der Waals surface area contributed by atoms with Gasteiger partial charge < -0.3 is 15.3 Å². The highest BCUT2D eigenvalue weighted by Crippen LogP contribution is 2.36. The van der Waals surface area contributed by atoms with Crippen molar-refractivity contribution in [3.8, 4) is 0 Å². The number of rotatable bonds is 4. The number of nitrogens with two attached hydrogens (primary N) is 1. The molecule has 0 amide bonds. The number of aryl methyl sites for hydroxylation is 1. The van der Waals surface area contributed by atoms with Crippen molar-refractivity contribution < 1.29 is 9.57 Å². The second-order valence-electron chi connectivity index (χ2n) is 4.24. The van der Waals surface area contributed by atoms with Gasteiger partial charge in [-0.3, -0.25) is 0 Å². The minimum Gasteiger partial charge on any atom is -0.387 e. The van der Waals surface area contributed by atoms with Crippen LogP contribution in [0.2, 0.25) is 0 Å². The molecule has 2 heterocycles. The average molecular weight is 254 g/mol. The van der Waals surface area contributed by atoms with Crippen LogP contribution in [0.3, 0.4) is 0 Å². The Morgan fingerprint density at radius 1 is 1.65 bits per heavy atom. The molecule has 0 aliphatic carbocycles. The Labute approximate surface area is 106 Å². The van der Waals surface area contributed by atoms with Gasteiger partial charge in [-0.15, -0.1) is 16.4 Å². The van der Waals surface area contributed by atoms with E-state index in [1.165, 1.54) is 10.4 Å². The first-order valence-corrected chi connectivity index (χ1v) is 6.48. The number of nitrogens with zero attached hydrogens (tertiary/aromatic N) is 1. The highest BCUT2D eigenvalue weighted by atomic mass is 32.1. The molecule has 1 aromatic rings. The average Bonchev–Trinajstić information content (AvgIpc) is 2.84. The van der Waals surface area contributed by atoms with Crippen LogP contribution in [0.1, 0.15) is 23.4 Å². The van der Waals surface area contributed by atoms with Crippen LogP contribution in [0.15, 0.2) is 23.4 Å². The Bertz CT molecular complexity index is 416. The maximum atomic E-state index is 5.77. The molecule has 2 N–H and O–H groups in total. The molecule has 94 valence electrons. The van der Waals surface area contributed by atoms with E-state index < -0.39 is 0 Å². The van der Waals surface area contributed by atoms with Crippen LogP contribution in [0, 0.1) is 6.92 Å². The Morgan fingerprint density at radius 2 is 2.41 bits per heavy atom. The summed E-state index contributed by atoms with van der Waals surface area (Å²) in [5, 5.41) is 3.99. The molecule has 0 bridgehead atoms. The first-order chi connectivity index (χ1) is 8.13. The van der Waals surface area contributed by atoms with E-state index in [2.05, 4.69) is 25.3 Å². The molecule has 1 aliphatic heterocycles. The van der Waals surface area contributed by atoms with Crippen molar-refractivity contribution in [2.45, 2.75) is 25.9 Å². The van der Waals surface area contributed by atoms with E-state index in [9.17, 15) is 0 Å². The van der Waals surface area contributed by atoms with Gasteiger partial charge >= 0.3 is 0 Å². The fourth-order valence-corrected chi connectivity index (χ4v) is 2.98. The predicted molar refractivity (Wildman–Crippen MR) is 68.3 cm³/mol. The second-order valence-corrected chi connectivity index (χ2v) is 5.18. The van der Waals surface area contributed by atoms with Gasteiger partial charge in [0.25, 0.3) is 0 Å². The van der Waals surface area contributed by atoms with Gasteiger partial charge in [0.05, 0.1) is 12.6 Å². The van der Waals surface area contributed by atoms with E-state index >= 15 is 0 Å². The molecule has 5 heteroatoms. The van der Waals surface area contributed by atoms with Gasteiger partial charge in [-0.05, 0) is 30.9 Å². The van der Waals surface area contributed by atoms with Crippen molar-refractivity contribution in [1.29, 1.82) is 0 Å². The first kappa shape index (κ1) is 12.4. The van der Waals surface area contributed by atoms with Crippen LogP contribution < -0.4 is 5.73 Å². The number of methoxy groups -OCH3 is 1. The lowest BCUT2D eigenvalue weighted by Crippen LogP contribution is -2.35. The zero-order valence-corrected chi connectivity index (χ0v) is 11.2. The van der Waals surface area contributed by atoms with Crippen molar-refractivity contribution in [3.63, 3.8) is 0 Å². The second kappa shape index (κ2) is 5.08. The summed E-state index contributed by atoms with van der Waals surface area (Å²) < 4.78 is 5.16. The third-order valence-corrected chi connectivity index (χ3v) is 3.91. The number of ether oxygens (including phenoxy) is 1. The van der Waals surface area contributed by atoms with Crippen LogP contribution in [0.25, 0.3) is 0 Å². The molecule has 1 aliphatic rings. The molecule has 0 aromatic carbocycles. The lowest BCUT2D eigenvalue weighted by molar-refractivity contribution is -0.158. The van der Waals surface area contributed by atoms with Crippen molar-refractivity contribution in [1.82, 2.24) is 5.06 Å². The minimum atomic E-state index is 0.0974. The maximum absolute atomic E-state index is 5.77. The number of hydrogen-bond acceptors (Lipinski definition) is 5. The van der Waals surface area contributed by atoms with E-state index in [1.54, 1.807) is 18.4 Å². The monoisotopic (exact) mass is 254 g/mol. The summed E-state index contributed by atoms with van der Waals surface area (Å²) in [6.07, 6.45) is 1.95. The summed E-state index contributed by atoms with van der Waals surface area (Å²) in [4.78, 5) is 6.84. The highest BCUT2D eigenvalue weighted by Gasteiger charge is 2.32. The van der Waals surface area contributed by atoms with Crippen LogP contribution in [0.5, 0.6) is 0 Å². The zero-order valence-electron chi connectivity index (χ0n) is 10.3. The number of hydroxylamine groups is 2. The fraction of sp³-hybridized carbons (Fsp3) is 0.500. The SMILES string of the molecule is COCC(C)N1OC(N)=CC1c1sccc1C. The summed E-state index contributed by atoms with van der Waals surface area (Å²) in [5.74, 6) is 0.464.